The summed E-state index contributed by atoms with van der Waals surface area (Å²) in [5, 5.41) is 2.96. The molecule has 3 N–H and O–H groups in total. The van der Waals surface area contributed by atoms with E-state index >= 15 is 0 Å². The summed E-state index contributed by atoms with van der Waals surface area (Å²) in [6.45, 7) is 5.52. The Balaban J connectivity index is 2.50. The SMILES string of the molecule is CC(C)(C)OC(=O)NCC#Cc1ncc(Cl)cc1N. The fourth-order valence-corrected chi connectivity index (χ4v) is 1.28. The summed E-state index contributed by atoms with van der Waals surface area (Å²) in [5.74, 6) is 5.47. The molecule has 0 aliphatic rings. The number of nitrogen functional groups attached to an aromatic ring is 1. The highest BCUT2D eigenvalue weighted by atomic mass is 35.5. The van der Waals surface area contributed by atoms with E-state index in [-0.39, 0.29) is 6.54 Å². The number of nitrogens with zero attached hydrogens (tertiary/aromatic N) is 1. The van der Waals surface area contributed by atoms with Gasteiger partial charge in [-0.05, 0) is 32.8 Å². The Hall–Kier alpha value is -1.93. The summed E-state index contributed by atoms with van der Waals surface area (Å²) in [6, 6.07) is 1.57. The highest BCUT2D eigenvalue weighted by Gasteiger charge is 2.14. The van der Waals surface area contributed by atoms with Crippen LogP contribution in [0.2, 0.25) is 5.02 Å². The number of anilines is 1. The van der Waals surface area contributed by atoms with E-state index < -0.39 is 11.7 Å². The quantitative estimate of drug-likeness (QED) is 0.774. The maximum atomic E-state index is 11.3. The van der Waals surface area contributed by atoms with Crippen molar-refractivity contribution in [3.8, 4) is 11.8 Å². The number of hydrogen-bond donors (Lipinski definition) is 2. The van der Waals surface area contributed by atoms with Crippen LogP contribution in [0, 0.1) is 11.8 Å². The predicted molar refractivity (Wildman–Crippen MR) is 74.8 cm³/mol. The number of nitrogens with two attached hydrogens (primary N) is 1. The van der Waals surface area contributed by atoms with Crippen LogP contribution in [0.25, 0.3) is 0 Å². The molecule has 1 rings (SSSR count). The van der Waals surface area contributed by atoms with Crippen LogP contribution < -0.4 is 11.1 Å². The molecule has 19 heavy (non-hydrogen) atoms. The summed E-state index contributed by atoms with van der Waals surface area (Å²) in [6.07, 6.45) is 0.947. The molecule has 5 nitrogen and oxygen atoms in total. The maximum Gasteiger partial charge on any atom is 0.408 e. The number of nitrogens with one attached hydrogen (secondary N) is 1. The smallest absolute Gasteiger partial charge is 0.408 e. The molecule has 0 unspecified atom stereocenters. The third-order valence-corrected chi connectivity index (χ3v) is 2.02. The summed E-state index contributed by atoms with van der Waals surface area (Å²) in [4.78, 5) is 15.3. The first-order chi connectivity index (χ1) is 8.78. The van der Waals surface area contributed by atoms with Gasteiger partial charge in [-0.15, -0.1) is 0 Å². The molecule has 0 aromatic carbocycles. The van der Waals surface area contributed by atoms with Crippen LogP contribution in [-0.4, -0.2) is 23.2 Å². The van der Waals surface area contributed by atoms with E-state index in [1.54, 1.807) is 26.8 Å². The Bertz CT molecular complexity index is 527. The lowest BCUT2D eigenvalue weighted by molar-refractivity contribution is 0.0535. The highest BCUT2D eigenvalue weighted by molar-refractivity contribution is 6.30. The number of carbonyl (C=O) groups excluding carboxylic acids is 1. The van der Waals surface area contributed by atoms with Crippen LogP contribution in [0.1, 0.15) is 26.5 Å². The van der Waals surface area contributed by atoms with Crippen molar-refractivity contribution in [2.45, 2.75) is 26.4 Å². The van der Waals surface area contributed by atoms with Crippen molar-refractivity contribution in [2.75, 3.05) is 12.3 Å². The minimum atomic E-state index is -0.528. The van der Waals surface area contributed by atoms with E-state index in [1.165, 1.54) is 6.20 Å². The lowest BCUT2D eigenvalue weighted by Gasteiger charge is -2.18. The number of carbonyl (C=O) groups is 1. The van der Waals surface area contributed by atoms with Crippen molar-refractivity contribution in [1.29, 1.82) is 0 Å². The zero-order valence-electron chi connectivity index (χ0n) is 11.1. The normalized spacial score (nSPS) is 10.3. The molecule has 0 saturated heterocycles. The molecule has 6 heteroatoms. The summed E-state index contributed by atoms with van der Waals surface area (Å²) in [7, 11) is 0. The predicted octanol–water partition coefficient (Wildman–Crippen LogP) is 2.19. The van der Waals surface area contributed by atoms with Gasteiger partial charge in [0.05, 0.1) is 17.3 Å². The van der Waals surface area contributed by atoms with E-state index in [9.17, 15) is 4.79 Å². The van der Waals surface area contributed by atoms with Crippen molar-refractivity contribution < 1.29 is 9.53 Å². The molecule has 1 aromatic rings. The van der Waals surface area contributed by atoms with Gasteiger partial charge in [-0.25, -0.2) is 9.78 Å². The van der Waals surface area contributed by atoms with Crippen LogP contribution in [0.4, 0.5) is 10.5 Å². The summed E-state index contributed by atoms with van der Waals surface area (Å²) >= 11 is 5.72. The molecule has 0 bridgehead atoms. The first kappa shape index (κ1) is 15.1. The molecule has 0 fully saturated rings. The molecule has 0 spiro atoms. The average molecular weight is 282 g/mol. The standard InChI is InChI=1S/C13H16ClN3O2/c1-13(2,3)19-12(18)16-6-4-5-11-10(15)7-9(14)8-17-11/h7-8H,6,15H2,1-3H3,(H,16,18). The van der Waals surface area contributed by atoms with Crippen LogP contribution in [-0.2, 0) is 4.74 Å². The van der Waals surface area contributed by atoms with E-state index in [0.29, 0.717) is 16.4 Å². The Kier molecular flexibility index (Phi) is 5.02. The van der Waals surface area contributed by atoms with E-state index in [0.717, 1.165) is 0 Å². The number of pyridine rings is 1. The summed E-state index contributed by atoms with van der Waals surface area (Å²) in [5.41, 5.74) is 5.98. The molecular formula is C13H16ClN3O2. The van der Waals surface area contributed by atoms with Gasteiger partial charge in [0.15, 0.2) is 0 Å². The largest absolute Gasteiger partial charge is 0.444 e. The molecule has 0 radical (unpaired) electrons. The van der Waals surface area contributed by atoms with Crippen LogP contribution in [0.15, 0.2) is 12.3 Å². The Morgan fingerprint density at radius 2 is 2.26 bits per heavy atom. The second-order valence-corrected chi connectivity index (χ2v) is 5.19. The van der Waals surface area contributed by atoms with Gasteiger partial charge in [0.2, 0.25) is 0 Å². The third kappa shape index (κ3) is 5.98. The molecule has 0 aliphatic carbocycles. The number of aromatic nitrogens is 1. The van der Waals surface area contributed by atoms with Gasteiger partial charge in [-0.3, -0.25) is 0 Å². The van der Waals surface area contributed by atoms with E-state index in [1.807, 2.05) is 0 Å². The lowest BCUT2D eigenvalue weighted by atomic mass is 10.2. The van der Waals surface area contributed by atoms with Crippen molar-refractivity contribution in [2.24, 2.45) is 0 Å². The minimum absolute atomic E-state index is 0.151. The highest BCUT2D eigenvalue weighted by Crippen LogP contribution is 2.13. The zero-order valence-corrected chi connectivity index (χ0v) is 11.8. The van der Waals surface area contributed by atoms with Crippen molar-refractivity contribution >= 4 is 23.4 Å². The van der Waals surface area contributed by atoms with Gasteiger partial charge in [0, 0.05) is 6.20 Å². The molecule has 0 saturated carbocycles. The first-order valence-corrected chi connectivity index (χ1v) is 6.02. The molecular weight excluding hydrogens is 266 g/mol. The van der Waals surface area contributed by atoms with Crippen LogP contribution >= 0.6 is 11.6 Å². The van der Waals surface area contributed by atoms with Gasteiger partial charge in [-0.2, -0.15) is 0 Å². The lowest BCUT2D eigenvalue weighted by Crippen LogP contribution is -2.32. The number of halogens is 1. The number of hydrogen-bond acceptors (Lipinski definition) is 4. The average Bonchev–Trinajstić information content (AvgIpc) is 2.24. The van der Waals surface area contributed by atoms with Crippen molar-refractivity contribution in [3.63, 3.8) is 0 Å². The fourth-order valence-electron chi connectivity index (χ4n) is 1.12. The molecule has 0 aliphatic heterocycles. The number of amides is 1. The van der Waals surface area contributed by atoms with Crippen molar-refractivity contribution in [3.05, 3.63) is 23.0 Å². The number of ether oxygens (including phenoxy) is 1. The van der Waals surface area contributed by atoms with Gasteiger partial charge < -0.3 is 15.8 Å². The Morgan fingerprint density at radius 1 is 1.58 bits per heavy atom. The second kappa shape index (κ2) is 6.30. The van der Waals surface area contributed by atoms with E-state index in [4.69, 9.17) is 22.1 Å². The van der Waals surface area contributed by atoms with Crippen LogP contribution in [0.5, 0.6) is 0 Å². The van der Waals surface area contributed by atoms with Gasteiger partial charge in [-0.1, -0.05) is 17.5 Å². The Morgan fingerprint density at radius 3 is 2.84 bits per heavy atom. The first-order valence-electron chi connectivity index (χ1n) is 5.64. The van der Waals surface area contributed by atoms with Gasteiger partial charge in [0.25, 0.3) is 0 Å². The molecule has 1 amide bonds. The van der Waals surface area contributed by atoms with E-state index in [2.05, 4.69) is 22.1 Å². The zero-order chi connectivity index (χ0) is 14.5. The minimum Gasteiger partial charge on any atom is -0.444 e. The number of rotatable bonds is 1. The topological polar surface area (TPSA) is 77.2 Å². The monoisotopic (exact) mass is 281 g/mol. The fraction of sp³-hybridized carbons (Fsp3) is 0.385. The molecule has 102 valence electrons. The third-order valence-electron chi connectivity index (χ3n) is 1.81. The van der Waals surface area contributed by atoms with Gasteiger partial charge >= 0.3 is 6.09 Å². The number of alkyl carbamates (subject to hydrolysis) is 1. The second-order valence-electron chi connectivity index (χ2n) is 4.75. The maximum absolute atomic E-state index is 11.3. The van der Waals surface area contributed by atoms with Crippen LogP contribution in [0.3, 0.4) is 0 Å². The summed E-state index contributed by atoms with van der Waals surface area (Å²) < 4.78 is 5.05. The molecule has 1 aromatic heterocycles. The van der Waals surface area contributed by atoms with Crippen molar-refractivity contribution in [1.82, 2.24) is 10.3 Å². The molecule has 1 heterocycles. The Labute approximate surface area is 117 Å². The molecule has 0 atom stereocenters. The van der Waals surface area contributed by atoms with Gasteiger partial charge in [0.1, 0.15) is 11.3 Å².